The van der Waals surface area contributed by atoms with Crippen LogP contribution >= 0.6 is 0 Å². The van der Waals surface area contributed by atoms with E-state index in [4.69, 9.17) is 1.70 Å². The van der Waals surface area contributed by atoms with E-state index in [-0.39, 0.29) is 78.9 Å². The van der Waals surface area contributed by atoms with Crippen LogP contribution in [-0.4, -0.2) is 18.9 Å². The smallest absolute Gasteiger partial charge is 0 e. The molecule has 0 aromatic heterocycles. The summed E-state index contributed by atoms with van der Waals surface area (Å²) in [6.07, 6.45) is 0. The molecule has 0 aliphatic carbocycles. The van der Waals surface area contributed by atoms with Crippen molar-refractivity contribution in [2.75, 3.05) is 0 Å². The van der Waals surface area contributed by atoms with E-state index >= 15 is 0 Å². The molecule has 0 fully saturated rings. The maximum atomic E-state index is 8.42. The van der Waals surface area contributed by atoms with E-state index < -0.39 is 0 Å². The van der Waals surface area contributed by atoms with Gasteiger partial charge in [-0.3, -0.25) is 0 Å². The van der Waals surface area contributed by atoms with Crippen molar-refractivity contribution < 1.29 is 61.7 Å². The maximum Gasteiger partial charge on any atom is 0 e. The molecule has 0 heterocycles. The molecule has 0 aliphatic heterocycles. The van der Waals surface area contributed by atoms with Crippen LogP contribution in [0.5, 0.6) is 0 Å². The predicted molar refractivity (Wildman–Crippen MR) is 7.84 cm³/mol. The van der Waals surface area contributed by atoms with Crippen LogP contribution < -0.4 is 0 Å². The van der Waals surface area contributed by atoms with Gasteiger partial charge in [-0.1, -0.05) is 0 Å². The normalized spacial score (nSPS) is 1.50. The van der Waals surface area contributed by atoms with Crippen molar-refractivity contribution in [3.63, 3.8) is 0 Å². The molecule has 4 heteroatoms. The van der Waals surface area contributed by atoms with Crippen molar-refractivity contribution in [3.8, 4) is 0 Å². The van der Waals surface area contributed by atoms with Crippen LogP contribution in [0.15, 0.2) is 0 Å². The minimum atomic E-state index is -0.0833. The third-order valence-corrected chi connectivity index (χ3v) is 0. The topological polar surface area (TPSA) is 17.1 Å². The molecule has 0 aliphatic rings. The summed E-state index contributed by atoms with van der Waals surface area (Å²) in [5.74, 6) is 0. The van der Waals surface area contributed by atoms with E-state index in [0.717, 1.165) is 0 Å². The van der Waals surface area contributed by atoms with Crippen LogP contribution in [0.1, 0.15) is 0 Å². The van der Waals surface area contributed by atoms with E-state index in [1.54, 1.807) is 0 Å². The summed E-state index contributed by atoms with van der Waals surface area (Å²) in [6, 6.07) is 0. The van der Waals surface area contributed by atoms with Crippen molar-refractivity contribution in [3.05, 3.63) is 0 Å². The van der Waals surface area contributed by atoms with Crippen LogP contribution in [0.25, 0.3) is 0 Å². The molecule has 0 rings (SSSR count). The van der Waals surface area contributed by atoms with Gasteiger partial charge in [0.15, 0.2) is 0 Å². The van der Waals surface area contributed by atoms with Gasteiger partial charge in [0, 0.05) is 26.2 Å². The fourth-order valence-corrected chi connectivity index (χ4v) is 0. The Morgan fingerprint density at radius 3 is 1.25 bits per heavy atom. The summed E-state index contributed by atoms with van der Waals surface area (Å²) in [5.41, 5.74) is 0. The fraction of sp³-hybridized carbons (Fsp3) is 0. The molecule has 1 nitrogen and oxygen atoms in total. The van der Waals surface area contributed by atoms with Gasteiger partial charge in [0.2, 0.25) is 0 Å². The van der Waals surface area contributed by atoms with Crippen LogP contribution in [0.3, 0.4) is 0 Å². The van der Waals surface area contributed by atoms with E-state index in [0.29, 0.717) is 0 Å². The fourth-order valence-electron chi connectivity index (χ4n) is 0. The van der Waals surface area contributed by atoms with Gasteiger partial charge in [-0.15, -0.1) is 0 Å². The van der Waals surface area contributed by atoms with Gasteiger partial charge >= 0.3 is 54.4 Å². The number of rotatable bonds is 0. The van der Waals surface area contributed by atoms with Crippen LogP contribution in [0, 0.1) is 33.8 Å². The molecule has 0 aromatic carbocycles. The first-order valence-electron chi connectivity index (χ1n) is 0.236. The minimum Gasteiger partial charge on any atom is 0 e. The first-order chi connectivity index (χ1) is 1.00. The molecule has 0 radical (unpaired) electrons. The molecule has 0 spiro atoms. The van der Waals surface area contributed by atoms with Crippen molar-refractivity contribution in [1.82, 2.24) is 0 Å². The zero-order valence-corrected chi connectivity index (χ0v) is 7.57. The minimum absolute atomic E-state index is 0. The van der Waals surface area contributed by atoms with Gasteiger partial charge in [-0.2, -0.15) is 0 Å². The summed E-state index contributed by atoms with van der Waals surface area (Å²) in [4.78, 5) is 0. The van der Waals surface area contributed by atoms with Gasteiger partial charge < -0.3 is 0 Å². The monoisotopic (exact) mass is 253 g/mol. The molecule has 0 aromatic rings. The Morgan fingerprint density at radius 1 is 1.25 bits per heavy atom. The quantitative estimate of drug-likeness (QED) is 0.519. The van der Waals surface area contributed by atoms with Gasteiger partial charge in [0.1, 0.15) is 0 Å². The Bertz CT molecular complexity index is 8.00. The molecule has 0 saturated heterocycles. The van der Waals surface area contributed by atoms with Gasteiger partial charge in [0.05, 0.1) is 0 Å². The van der Waals surface area contributed by atoms with E-state index in [2.05, 4.69) is 0 Å². The van der Waals surface area contributed by atoms with E-state index in [9.17, 15) is 0 Å². The molecule has 0 bridgehead atoms. The summed E-state index contributed by atoms with van der Waals surface area (Å²) in [5, 5.41) is 0. The number of hydrogen-bond donors (Lipinski definition) is 0. The number of hydrogen-bond acceptors (Lipinski definition) is 1. The Hall–Kier alpha value is 2.48. The Balaban J connectivity index is -0.00000000500. The summed E-state index contributed by atoms with van der Waals surface area (Å²) >= 11 is -0.0833. The van der Waals surface area contributed by atoms with Crippen molar-refractivity contribution in [1.29, 1.82) is 0 Å². The van der Waals surface area contributed by atoms with E-state index in [1.165, 1.54) is 0 Å². The van der Waals surface area contributed by atoms with Crippen LogP contribution in [0.4, 0.5) is 0 Å². The Kier molecular flexibility index (Phi) is 71.9. The zero-order chi connectivity index (χ0) is 2.00. The third-order valence-electron chi connectivity index (χ3n) is 0. The average molecular weight is 254 g/mol. The van der Waals surface area contributed by atoms with Crippen molar-refractivity contribution in [2.24, 2.45) is 0 Å². The second-order valence-electron chi connectivity index (χ2n) is 0. The Labute approximate surface area is 78.9 Å². The van der Waals surface area contributed by atoms with Gasteiger partial charge in [-0.05, 0) is 0 Å². The first-order valence-corrected chi connectivity index (χ1v) is 1.72. The van der Waals surface area contributed by atoms with Crippen LogP contribution in [-0.2, 0) is 27.9 Å². The van der Waals surface area contributed by atoms with Crippen LogP contribution in [0.2, 0.25) is 0 Å². The summed E-state index contributed by atoms with van der Waals surface area (Å²) in [6.45, 7) is 0. The maximum absolute atomic E-state index is 8.42. The van der Waals surface area contributed by atoms with Gasteiger partial charge in [-0.25, -0.2) is 0 Å². The summed E-state index contributed by atoms with van der Waals surface area (Å²) in [7, 11) is 0. The standard InChI is InChI=1S/La.Li.O.Zr.H. The molecular weight excluding hydrogens is 253 g/mol. The first kappa shape index (κ1) is 16.1. The predicted octanol–water partition coefficient (Wildman–Crippen LogP) is -0.770. The second kappa shape index (κ2) is 17.9. The van der Waals surface area contributed by atoms with Crippen molar-refractivity contribution in [2.45, 2.75) is 0 Å². The Morgan fingerprint density at radius 2 is 1.25 bits per heavy atom. The second-order valence-corrected chi connectivity index (χ2v) is 0. The van der Waals surface area contributed by atoms with E-state index in [1.807, 2.05) is 0 Å². The molecule has 0 amide bonds. The largest absolute Gasteiger partial charge is 0 e. The molecule has 0 unspecified atom stereocenters. The third kappa shape index (κ3) is 8.82. The molecular formula is HLaLiOZr. The zero-order valence-electron chi connectivity index (χ0n) is 1.49. The van der Waals surface area contributed by atoms with Crippen molar-refractivity contribution >= 4 is 18.9 Å². The SMILES string of the molecule is [LiH].[O]=[La].[Zr]. The summed E-state index contributed by atoms with van der Waals surface area (Å²) < 4.78 is 8.42. The molecule has 0 N–H and O–H groups in total. The molecule has 0 atom stereocenters. The molecule has 4 heavy (non-hydrogen) atoms. The molecule has 0 saturated carbocycles. The molecule has 15 valence electrons. The average Bonchev–Trinajstić information content (AvgIpc) is 1.00. The van der Waals surface area contributed by atoms with Gasteiger partial charge in [0.25, 0.3) is 0 Å².